The highest BCUT2D eigenvalue weighted by molar-refractivity contribution is 6.38. The number of carbonyl (C=O) groups excluding carboxylic acids is 2. The van der Waals surface area contributed by atoms with Crippen LogP contribution in [0.25, 0.3) is 21.5 Å². The lowest BCUT2D eigenvalue weighted by atomic mass is 9.91. The number of hydrogen-bond donors (Lipinski definition) is 0. The lowest BCUT2D eigenvalue weighted by Gasteiger charge is -2.24. The topological polar surface area (TPSA) is 62.2 Å². The number of fused-ring (bicyclic) bond motifs is 4. The number of para-hydroxylation sites is 1. The molecule has 212 valence electrons. The fourth-order valence-corrected chi connectivity index (χ4v) is 6.47. The third-order valence-electron chi connectivity index (χ3n) is 8.63. The maximum atomic E-state index is 13.8. The van der Waals surface area contributed by atoms with Crippen molar-refractivity contribution in [3.8, 4) is 5.75 Å². The second-order valence-corrected chi connectivity index (χ2v) is 11.1. The summed E-state index contributed by atoms with van der Waals surface area (Å²) in [5, 5.41) is 11.3. The maximum absolute atomic E-state index is 13.8. The predicted octanol–water partition coefficient (Wildman–Crippen LogP) is 8.16. The minimum Gasteiger partial charge on any atom is -0.497 e. The molecule has 0 aromatic heterocycles. The highest BCUT2D eigenvalue weighted by Crippen LogP contribution is 2.41. The van der Waals surface area contributed by atoms with Gasteiger partial charge in [-0.05, 0) is 69.6 Å². The number of carbonyl (C=O) groups is 2. The Bertz CT molecular complexity index is 2140. The van der Waals surface area contributed by atoms with Gasteiger partial charge in [0.2, 0.25) is 0 Å². The molecule has 44 heavy (non-hydrogen) atoms. The predicted molar refractivity (Wildman–Crippen MR) is 175 cm³/mol. The van der Waals surface area contributed by atoms with Crippen LogP contribution in [0.5, 0.6) is 5.75 Å². The molecule has 2 amide bonds. The van der Waals surface area contributed by atoms with Gasteiger partial charge in [0.25, 0.3) is 11.8 Å². The number of amides is 2. The van der Waals surface area contributed by atoms with Crippen LogP contribution < -0.4 is 14.6 Å². The van der Waals surface area contributed by atoms with Crippen LogP contribution in [0.15, 0.2) is 132 Å². The molecule has 6 heteroatoms. The van der Waals surface area contributed by atoms with Crippen LogP contribution in [-0.4, -0.2) is 24.6 Å². The average Bonchev–Trinajstić information content (AvgIpc) is 3.63. The van der Waals surface area contributed by atoms with Gasteiger partial charge in [-0.2, -0.15) is 5.10 Å². The molecule has 0 saturated carbocycles. The summed E-state index contributed by atoms with van der Waals surface area (Å²) in [6.45, 7) is 0. The number of anilines is 2. The highest BCUT2D eigenvalue weighted by Gasteiger charge is 2.40. The molecule has 2 heterocycles. The van der Waals surface area contributed by atoms with E-state index < -0.39 is 0 Å². The first-order valence-electron chi connectivity index (χ1n) is 14.6. The van der Waals surface area contributed by atoms with Crippen molar-refractivity contribution in [1.29, 1.82) is 0 Å². The van der Waals surface area contributed by atoms with Crippen LogP contribution in [-0.2, 0) is 0 Å². The zero-order chi connectivity index (χ0) is 29.8. The average molecular weight is 574 g/mol. The molecule has 2 aliphatic rings. The van der Waals surface area contributed by atoms with E-state index >= 15 is 0 Å². The normalized spacial score (nSPS) is 16.1. The summed E-state index contributed by atoms with van der Waals surface area (Å²) in [5.41, 5.74) is 5.20. The third kappa shape index (κ3) is 4.07. The highest BCUT2D eigenvalue weighted by atomic mass is 16.5. The lowest BCUT2D eigenvalue weighted by molar-refractivity contribution is 0.0926. The Hall–Kier alpha value is -5.75. The Morgan fingerprint density at radius 3 is 2.14 bits per heavy atom. The van der Waals surface area contributed by atoms with Gasteiger partial charge in [0.15, 0.2) is 0 Å². The van der Waals surface area contributed by atoms with Gasteiger partial charge in [0, 0.05) is 12.0 Å². The molecule has 0 N–H and O–H groups in total. The monoisotopic (exact) mass is 573 g/mol. The van der Waals surface area contributed by atoms with Crippen LogP contribution in [0.1, 0.15) is 44.3 Å². The molecule has 1 atom stereocenters. The number of ether oxygens (including phenoxy) is 1. The van der Waals surface area contributed by atoms with Gasteiger partial charge < -0.3 is 4.74 Å². The molecule has 0 spiro atoms. The summed E-state index contributed by atoms with van der Waals surface area (Å²) >= 11 is 0. The number of hydrogen-bond acceptors (Lipinski definition) is 5. The zero-order valence-corrected chi connectivity index (χ0v) is 24.0. The van der Waals surface area contributed by atoms with Gasteiger partial charge in [-0.3, -0.25) is 14.6 Å². The van der Waals surface area contributed by atoms with E-state index in [1.165, 1.54) is 4.90 Å². The smallest absolute Gasteiger partial charge is 0.266 e. The van der Waals surface area contributed by atoms with E-state index in [0.29, 0.717) is 23.2 Å². The number of rotatable bonds is 5. The molecule has 2 aliphatic heterocycles. The number of imide groups is 1. The molecule has 1 unspecified atom stereocenters. The van der Waals surface area contributed by atoms with Crippen molar-refractivity contribution >= 4 is 50.4 Å². The molecule has 8 rings (SSSR count). The van der Waals surface area contributed by atoms with Crippen LogP contribution in [0.3, 0.4) is 0 Å². The van der Waals surface area contributed by atoms with Crippen LogP contribution in [0.2, 0.25) is 0 Å². The largest absolute Gasteiger partial charge is 0.497 e. The summed E-state index contributed by atoms with van der Waals surface area (Å²) in [6, 6.07) is 41.5. The quantitative estimate of drug-likeness (QED) is 0.195. The fourth-order valence-electron chi connectivity index (χ4n) is 6.47. The molecule has 0 bridgehead atoms. The van der Waals surface area contributed by atoms with Crippen molar-refractivity contribution < 1.29 is 14.3 Å². The molecule has 6 aromatic rings. The number of nitrogens with zero attached hydrogens (tertiary/aromatic N) is 3. The van der Waals surface area contributed by atoms with Crippen LogP contribution >= 0.6 is 0 Å². The fraction of sp³-hybridized carbons (Fsp3) is 0.0789. The minimum atomic E-state index is -0.320. The number of methoxy groups -OCH3 is 1. The Morgan fingerprint density at radius 2 is 1.36 bits per heavy atom. The second kappa shape index (κ2) is 10.2. The van der Waals surface area contributed by atoms with Gasteiger partial charge in [-0.15, -0.1) is 0 Å². The van der Waals surface area contributed by atoms with Gasteiger partial charge in [-0.1, -0.05) is 84.9 Å². The molecule has 6 nitrogen and oxygen atoms in total. The zero-order valence-electron chi connectivity index (χ0n) is 24.0. The van der Waals surface area contributed by atoms with Crippen molar-refractivity contribution in [1.82, 2.24) is 0 Å². The Labute approximate surface area is 254 Å². The van der Waals surface area contributed by atoms with Gasteiger partial charge in [-0.25, -0.2) is 4.90 Å². The minimum absolute atomic E-state index is 0.0813. The number of hydrazone groups is 1. The summed E-state index contributed by atoms with van der Waals surface area (Å²) < 4.78 is 5.43. The molecule has 6 aromatic carbocycles. The summed E-state index contributed by atoms with van der Waals surface area (Å²) in [7, 11) is 1.66. The molecule has 0 fully saturated rings. The van der Waals surface area contributed by atoms with E-state index in [-0.39, 0.29) is 17.9 Å². The Kier molecular flexibility index (Phi) is 6.01. The van der Waals surface area contributed by atoms with E-state index in [9.17, 15) is 9.59 Å². The van der Waals surface area contributed by atoms with E-state index in [4.69, 9.17) is 9.84 Å². The third-order valence-corrected chi connectivity index (χ3v) is 8.63. The summed E-state index contributed by atoms with van der Waals surface area (Å²) in [4.78, 5) is 28.8. The first kappa shape index (κ1) is 25.9. The lowest BCUT2D eigenvalue weighted by Crippen LogP contribution is -2.29. The van der Waals surface area contributed by atoms with E-state index in [0.717, 1.165) is 49.8 Å². The van der Waals surface area contributed by atoms with Crippen molar-refractivity contribution in [2.24, 2.45) is 5.10 Å². The van der Waals surface area contributed by atoms with Crippen LogP contribution in [0.4, 0.5) is 11.4 Å². The van der Waals surface area contributed by atoms with E-state index in [2.05, 4.69) is 47.5 Å². The van der Waals surface area contributed by atoms with E-state index in [1.807, 2.05) is 72.8 Å². The Balaban J connectivity index is 1.29. The standard InChI is InChI=1S/C38H27N3O3/c1-44-29-19-16-25(17-20-29)35-23-34(39-41(35)28-18-15-24-9-5-6-10-26(24)21-28)32-22-33-36(31-14-8-7-13-30(31)32)38(43)40(37(33)42)27-11-3-2-4-12-27/h2-22,35H,23H2,1H3. The molecule has 0 radical (unpaired) electrons. The SMILES string of the molecule is COc1ccc(C2CC(c3cc4c(c5ccccc35)C(=O)N(c3ccccc3)C4=O)=NN2c2ccc3ccccc3c2)cc1. The first-order valence-corrected chi connectivity index (χ1v) is 14.6. The van der Waals surface area contributed by atoms with Gasteiger partial charge in [0.1, 0.15) is 5.75 Å². The molecule has 0 saturated heterocycles. The summed E-state index contributed by atoms with van der Waals surface area (Å²) in [5.74, 6) is 0.169. The van der Waals surface area contributed by atoms with Gasteiger partial charge >= 0.3 is 0 Å². The van der Waals surface area contributed by atoms with Crippen molar-refractivity contribution in [2.75, 3.05) is 17.0 Å². The first-order chi connectivity index (χ1) is 21.6. The van der Waals surface area contributed by atoms with Crippen molar-refractivity contribution in [2.45, 2.75) is 12.5 Å². The molecular formula is C38H27N3O3. The van der Waals surface area contributed by atoms with Crippen LogP contribution in [0, 0.1) is 0 Å². The summed E-state index contributed by atoms with van der Waals surface area (Å²) in [6.07, 6.45) is 0.618. The van der Waals surface area contributed by atoms with Gasteiger partial charge in [0.05, 0.1) is 41.4 Å². The van der Waals surface area contributed by atoms with E-state index in [1.54, 1.807) is 19.2 Å². The Morgan fingerprint density at radius 1 is 0.659 bits per heavy atom. The molecule has 0 aliphatic carbocycles. The molecular weight excluding hydrogens is 546 g/mol. The van der Waals surface area contributed by atoms with Crippen molar-refractivity contribution in [3.63, 3.8) is 0 Å². The second-order valence-electron chi connectivity index (χ2n) is 11.1. The number of benzene rings is 6. The maximum Gasteiger partial charge on any atom is 0.266 e. The van der Waals surface area contributed by atoms with Crippen molar-refractivity contribution in [3.05, 3.63) is 150 Å².